The molecule has 0 radical (unpaired) electrons. The van der Waals surface area contributed by atoms with Crippen molar-refractivity contribution in [1.29, 1.82) is 0 Å². The van der Waals surface area contributed by atoms with Gasteiger partial charge in [0.1, 0.15) is 22.7 Å². The standard InChI is InChI=1S/C18H24O2/c1-17(2,3)19-15-11-7-10-14-13(15)9-8-12-16(14)20-18(4,5)6/h7-12H,1-6H3. The molecular weight excluding hydrogens is 248 g/mol. The normalized spacial score (nSPS) is 12.5. The van der Waals surface area contributed by atoms with Crippen molar-refractivity contribution in [3.63, 3.8) is 0 Å². The van der Waals surface area contributed by atoms with E-state index >= 15 is 0 Å². The van der Waals surface area contributed by atoms with Gasteiger partial charge < -0.3 is 9.47 Å². The van der Waals surface area contributed by atoms with Gasteiger partial charge in [-0.25, -0.2) is 0 Å². The lowest BCUT2D eigenvalue weighted by Gasteiger charge is -2.25. The van der Waals surface area contributed by atoms with Crippen LogP contribution in [0.2, 0.25) is 0 Å². The average Bonchev–Trinajstić information content (AvgIpc) is 2.26. The quantitative estimate of drug-likeness (QED) is 0.748. The van der Waals surface area contributed by atoms with Crippen LogP contribution < -0.4 is 9.47 Å². The lowest BCUT2D eigenvalue weighted by atomic mass is 10.1. The van der Waals surface area contributed by atoms with Crippen molar-refractivity contribution >= 4 is 10.8 Å². The Balaban J connectivity index is 2.52. The van der Waals surface area contributed by atoms with E-state index in [-0.39, 0.29) is 11.2 Å². The molecule has 0 aromatic heterocycles. The Labute approximate surface area is 121 Å². The fraction of sp³-hybridized carbons (Fsp3) is 0.444. The second kappa shape index (κ2) is 5.01. The summed E-state index contributed by atoms with van der Waals surface area (Å²) in [6.45, 7) is 12.3. The van der Waals surface area contributed by atoms with Crippen LogP contribution in [0.1, 0.15) is 41.5 Å². The van der Waals surface area contributed by atoms with E-state index in [1.54, 1.807) is 0 Å². The molecule has 0 aliphatic rings. The molecule has 108 valence electrons. The molecule has 2 aromatic rings. The minimum atomic E-state index is -0.213. The summed E-state index contributed by atoms with van der Waals surface area (Å²) in [5.41, 5.74) is -0.426. The van der Waals surface area contributed by atoms with Crippen LogP contribution in [0.25, 0.3) is 10.8 Å². The highest BCUT2D eigenvalue weighted by Crippen LogP contribution is 2.35. The second-order valence-electron chi connectivity index (χ2n) is 7.04. The summed E-state index contributed by atoms with van der Waals surface area (Å²) < 4.78 is 12.1. The molecule has 0 atom stereocenters. The lowest BCUT2D eigenvalue weighted by molar-refractivity contribution is 0.131. The molecule has 0 spiro atoms. The van der Waals surface area contributed by atoms with Gasteiger partial charge in [0.05, 0.1) is 0 Å². The van der Waals surface area contributed by atoms with Crippen LogP contribution >= 0.6 is 0 Å². The molecule has 0 aliphatic heterocycles. The fourth-order valence-electron chi connectivity index (χ4n) is 2.09. The molecule has 2 heteroatoms. The Hall–Kier alpha value is -1.70. The first-order valence-electron chi connectivity index (χ1n) is 7.05. The molecular formula is C18H24O2. The van der Waals surface area contributed by atoms with Gasteiger partial charge in [0.2, 0.25) is 0 Å². The molecule has 2 rings (SSSR count). The molecule has 0 saturated carbocycles. The summed E-state index contributed by atoms with van der Waals surface area (Å²) in [5.74, 6) is 1.80. The Morgan fingerprint density at radius 3 is 1.25 bits per heavy atom. The third-order valence-corrected chi connectivity index (χ3v) is 2.67. The van der Waals surface area contributed by atoms with Gasteiger partial charge in [0.15, 0.2) is 0 Å². The van der Waals surface area contributed by atoms with Crippen molar-refractivity contribution in [2.75, 3.05) is 0 Å². The number of hydrogen-bond donors (Lipinski definition) is 0. The van der Waals surface area contributed by atoms with Crippen molar-refractivity contribution in [2.45, 2.75) is 52.7 Å². The van der Waals surface area contributed by atoms with Crippen molar-refractivity contribution in [3.05, 3.63) is 36.4 Å². The lowest BCUT2D eigenvalue weighted by Crippen LogP contribution is -2.23. The van der Waals surface area contributed by atoms with Gasteiger partial charge >= 0.3 is 0 Å². The van der Waals surface area contributed by atoms with Gasteiger partial charge in [-0.1, -0.05) is 24.3 Å². The van der Waals surface area contributed by atoms with Crippen LogP contribution in [-0.2, 0) is 0 Å². The number of benzene rings is 2. The molecule has 0 N–H and O–H groups in total. The zero-order valence-corrected chi connectivity index (χ0v) is 13.3. The first-order valence-corrected chi connectivity index (χ1v) is 7.05. The SMILES string of the molecule is CC(C)(C)Oc1cccc2c(OC(C)(C)C)cccc12. The van der Waals surface area contributed by atoms with Crippen molar-refractivity contribution < 1.29 is 9.47 Å². The zero-order valence-electron chi connectivity index (χ0n) is 13.3. The largest absolute Gasteiger partial charge is 0.488 e. The maximum atomic E-state index is 6.04. The van der Waals surface area contributed by atoms with Gasteiger partial charge in [0, 0.05) is 10.8 Å². The van der Waals surface area contributed by atoms with E-state index in [0.29, 0.717) is 0 Å². The van der Waals surface area contributed by atoms with E-state index in [9.17, 15) is 0 Å². The number of hydrogen-bond acceptors (Lipinski definition) is 2. The van der Waals surface area contributed by atoms with Crippen LogP contribution in [0.4, 0.5) is 0 Å². The summed E-state index contributed by atoms with van der Waals surface area (Å²) in [6, 6.07) is 12.2. The molecule has 0 fully saturated rings. The minimum absolute atomic E-state index is 0.213. The topological polar surface area (TPSA) is 18.5 Å². The molecule has 0 amide bonds. The molecule has 0 heterocycles. The summed E-state index contributed by atoms with van der Waals surface area (Å²) in [5, 5.41) is 2.17. The van der Waals surface area contributed by atoms with Gasteiger partial charge in [-0.2, -0.15) is 0 Å². The Morgan fingerprint density at radius 2 is 0.950 bits per heavy atom. The monoisotopic (exact) mass is 272 g/mol. The van der Waals surface area contributed by atoms with Crippen LogP contribution in [0, 0.1) is 0 Å². The molecule has 2 aromatic carbocycles. The third-order valence-electron chi connectivity index (χ3n) is 2.67. The van der Waals surface area contributed by atoms with E-state index in [1.807, 2.05) is 24.3 Å². The van der Waals surface area contributed by atoms with Gasteiger partial charge in [-0.3, -0.25) is 0 Å². The van der Waals surface area contributed by atoms with Crippen molar-refractivity contribution in [3.8, 4) is 11.5 Å². The predicted molar refractivity (Wildman–Crippen MR) is 84.7 cm³/mol. The Morgan fingerprint density at radius 1 is 0.600 bits per heavy atom. The maximum absolute atomic E-state index is 6.04. The predicted octanol–water partition coefficient (Wildman–Crippen LogP) is 5.19. The van der Waals surface area contributed by atoms with E-state index in [2.05, 4.69) is 53.7 Å². The Bertz CT molecular complexity index is 546. The molecule has 20 heavy (non-hydrogen) atoms. The van der Waals surface area contributed by atoms with Gasteiger partial charge in [0.25, 0.3) is 0 Å². The number of fused-ring (bicyclic) bond motifs is 1. The van der Waals surface area contributed by atoms with Crippen LogP contribution in [-0.4, -0.2) is 11.2 Å². The first kappa shape index (κ1) is 14.7. The van der Waals surface area contributed by atoms with E-state index in [0.717, 1.165) is 22.3 Å². The second-order valence-corrected chi connectivity index (χ2v) is 7.04. The number of ether oxygens (including phenoxy) is 2. The third kappa shape index (κ3) is 3.66. The van der Waals surface area contributed by atoms with Crippen molar-refractivity contribution in [1.82, 2.24) is 0 Å². The Kier molecular flexibility index (Phi) is 3.68. The molecule has 0 saturated heterocycles. The maximum Gasteiger partial charge on any atom is 0.128 e. The van der Waals surface area contributed by atoms with Crippen LogP contribution in [0.3, 0.4) is 0 Å². The van der Waals surface area contributed by atoms with Crippen molar-refractivity contribution in [2.24, 2.45) is 0 Å². The molecule has 2 nitrogen and oxygen atoms in total. The summed E-state index contributed by atoms with van der Waals surface area (Å²) in [4.78, 5) is 0. The van der Waals surface area contributed by atoms with Gasteiger partial charge in [-0.15, -0.1) is 0 Å². The van der Waals surface area contributed by atoms with Gasteiger partial charge in [-0.05, 0) is 53.7 Å². The fourth-order valence-corrected chi connectivity index (χ4v) is 2.09. The van der Waals surface area contributed by atoms with E-state index in [4.69, 9.17) is 9.47 Å². The summed E-state index contributed by atoms with van der Waals surface area (Å²) in [6.07, 6.45) is 0. The van der Waals surface area contributed by atoms with E-state index in [1.165, 1.54) is 0 Å². The highest BCUT2D eigenvalue weighted by Gasteiger charge is 2.17. The van der Waals surface area contributed by atoms with E-state index < -0.39 is 0 Å². The minimum Gasteiger partial charge on any atom is -0.488 e. The first-order chi connectivity index (χ1) is 9.16. The molecule has 0 unspecified atom stereocenters. The molecule has 0 bridgehead atoms. The highest BCUT2D eigenvalue weighted by molar-refractivity contribution is 5.93. The highest BCUT2D eigenvalue weighted by atomic mass is 16.5. The summed E-state index contributed by atoms with van der Waals surface area (Å²) in [7, 11) is 0. The summed E-state index contributed by atoms with van der Waals surface area (Å²) >= 11 is 0. The average molecular weight is 272 g/mol. The van der Waals surface area contributed by atoms with Crippen LogP contribution in [0.5, 0.6) is 11.5 Å². The number of rotatable bonds is 2. The zero-order chi connectivity index (χ0) is 15.0. The molecule has 0 aliphatic carbocycles. The van der Waals surface area contributed by atoms with Crippen LogP contribution in [0.15, 0.2) is 36.4 Å². The smallest absolute Gasteiger partial charge is 0.128 e.